The van der Waals surface area contributed by atoms with Gasteiger partial charge in [-0.1, -0.05) is 0 Å². The van der Waals surface area contributed by atoms with E-state index in [4.69, 9.17) is 10.5 Å². The van der Waals surface area contributed by atoms with Gasteiger partial charge in [0.05, 0.1) is 11.5 Å². The van der Waals surface area contributed by atoms with Gasteiger partial charge >= 0.3 is 0 Å². The Balaban J connectivity index is 2.07. The fraction of sp³-hybridized carbons (Fsp3) is 0.538. The van der Waals surface area contributed by atoms with Gasteiger partial charge in [0, 0.05) is 6.54 Å². The number of nitrogens with one attached hydrogen (secondary N) is 1. The molecule has 1 aliphatic rings. The second-order valence-electron chi connectivity index (χ2n) is 4.62. The quantitative estimate of drug-likeness (QED) is 0.764. The summed E-state index contributed by atoms with van der Waals surface area (Å²) >= 11 is 0. The zero-order valence-corrected chi connectivity index (χ0v) is 11.7. The lowest BCUT2D eigenvalue weighted by Crippen LogP contribution is -2.25. The number of benzene rings is 1. The topological polar surface area (TPSA) is 81.4 Å². The summed E-state index contributed by atoms with van der Waals surface area (Å²) in [7, 11) is -3.42. The zero-order valence-electron chi connectivity index (χ0n) is 10.9. The molecule has 6 heteroatoms. The van der Waals surface area contributed by atoms with Crippen LogP contribution in [0.25, 0.3) is 0 Å². The van der Waals surface area contributed by atoms with Gasteiger partial charge in [-0.25, -0.2) is 13.1 Å². The van der Waals surface area contributed by atoms with E-state index in [1.807, 2.05) is 0 Å². The molecule has 0 aromatic heterocycles. The third kappa shape index (κ3) is 3.68. The van der Waals surface area contributed by atoms with Crippen molar-refractivity contribution in [2.45, 2.75) is 30.6 Å². The van der Waals surface area contributed by atoms with Gasteiger partial charge in [0.25, 0.3) is 0 Å². The Morgan fingerprint density at radius 3 is 2.95 bits per heavy atom. The highest BCUT2D eigenvalue weighted by atomic mass is 32.2. The highest BCUT2D eigenvalue weighted by Crippen LogP contribution is 2.27. The first kappa shape index (κ1) is 14.3. The van der Waals surface area contributed by atoms with E-state index in [9.17, 15) is 8.42 Å². The first-order chi connectivity index (χ1) is 9.13. The van der Waals surface area contributed by atoms with Crippen LogP contribution in [0.2, 0.25) is 0 Å². The number of aryl methyl sites for hydroxylation is 1. The van der Waals surface area contributed by atoms with Crippen LogP contribution in [0.15, 0.2) is 23.1 Å². The molecule has 0 saturated heterocycles. The zero-order chi connectivity index (χ0) is 13.7. The lowest BCUT2D eigenvalue weighted by Gasteiger charge is -2.18. The molecule has 0 fully saturated rings. The average molecular weight is 284 g/mol. The lowest BCUT2D eigenvalue weighted by atomic mass is 10.1. The standard InChI is InChI=1S/C13H20N2O3S/c14-7-1-2-8-15-19(16,17)12-5-6-13-11(10-12)4-3-9-18-13/h5-6,10,15H,1-4,7-9,14H2. The summed E-state index contributed by atoms with van der Waals surface area (Å²) in [5.74, 6) is 0.799. The van der Waals surface area contributed by atoms with E-state index in [2.05, 4.69) is 4.72 Å². The Bertz CT molecular complexity index is 529. The van der Waals surface area contributed by atoms with Crippen molar-refractivity contribution in [1.29, 1.82) is 0 Å². The monoisotopic (exact) mass is 284 g/mol. The van der Waals surface area contributed by atoms with E-state index in [-0.39, 0.29) is 0 Å². The van der Waals surface area contributed by atoms with Crippen LogP contribution < -0.4 is 15.2 Å². The summed E-state index contributed by atoms with van der Waals surface area (Å²) in [6.07, 6.45) is 3.37. The summed E-state index contributed by atoms with van der Waals surface area (Å²) in [6, 6.07) is 5.04. The van der Waals surface area contributed by atoms with Crippen LogP contribution in [0.5, 0.6) is 5.75 Å². The highest BCUT2D eigenvalue weighted by molar-refractivity contribution is 7.89. The lowest BCUT2D eigenvalue weighted by molar-refractivity contribution is 0.288. The number of fused-ring (bicyclic) bond motifs is 1. The van der Waals surface area contributed by atoms with Gasteiger partial charge < -0.3 is 10.5 Å². The van der Waals surface area contributed by atoms with E-state index in [1.54, 1.807) is 18.2 Å². The third-order valence-electron chi connectivity index (χ3n) is 3.11. The minimum atomic E-state index is -3.42. The van der Waals surface area contributed by atoms with Crippen LogP contribution in [-0.2, 0) is 16.4 Å². The molecule has 5 nitrogen and oxygen atoms in total. The molecular formula is C13H20N2O3S. The second-order valence-corrected chi connectivity index (χ2v) is 6.38. The molecule has 1 aromatic carbocycles. The molecule has 0 unspecified atom stereocenters. The molecule has 106 valence electrons. The molecule has 0 aliphatic carbocycles. The maximum Gasteiger partial charge on any atom is 0.240 e. The molecule has 0 spiro atoms. The number of rotatable bonds is 6. The maximum absolute atomic E-state index is 12.1. The number of unbranched alkanes of at least 4 members (excludes halogenated alkanes) is 1. The van der Waals surface area contributed by atoms with E-state index in [0.29, 0.717) is 24.6 Å². The Labute approximate surface area is 114 Å². The van der Waals surface area contributed by atoms with Gasteiger partial charge in [-0.05, 0) is 56.0 Å². The molecule has 1 aliphatic heterocycles. The van der Waals surface area contributed by atoms with Crippen molar-refractivity contribution >= 4 is 10.0 Å². The largest absolute Gasteiger partial charge is 0.493 e. The first-order valence-electron chi connectivity index (χ1n) is 6.59. The fourth-order valence-corrected chi connectivity index (χ4v) is 3.19. The molecule has 1 aromatic rings. The highest BCUT2D eigenvalue weighted by Gasteiger charge is 2.17. The number of nitrogens with two attached hydrogens (primary N) is 1. The van der Waals surface area contributed by atoms with Crippen LogP contribution in [0, 0.1) is 0 Å². The molecule has 2 rings (SSSR count). The van der Waals surface area contributed by atoms with Gasteiger partial charge in [-0.2, -0.15) is 0 Å². The number of hydrogen-bond donors (Lipinski definition) is 2. The van der Waals surface area contributed by atoms with Gasteiger partial charge in [-0.3, -0.25) is 0 Å². The van der Waals surface area contributed by atoms with Crippen molar-refractivity contribution in [1.82, 2.24) is 4.72 Å². The molecule has 1 heterocycles. The molecule has 0 saturated carbocycles. The minimum Gasteiger partial charge on any atom is -0.493 e. The summed E-state index contributed by atoms with van der Waals surface area (Å²) in [5.41, 5.74) is 6.34. The van der Waals surface area contributed by atoms with Crippen molar-refractivity contribution in [3.63, 3.8) is 0 Å². The van der Waals surface area contributed by atoms with E-state index >= 15 is 0 Å². The van der Waals surface area contributed by atoms with Crippen molar-refractivity contribution < 1.29 is 13.2 Å². The van der Waals surface area contributed by atoms with Crippen LogP contribution in [0.4, 0.5) is 0 Å². The Hall–Kier alpha value is -1.11. The van der Waals surface area contributed by atoms with Crippen molar-refractivity contribution in [2.24, 2.45) is 5.73 Å². The summed E-state index contributed by atoms with van der Waals surface area (Å²) in [6.45, 7) is 1.71. The maximum atomic E-state index is 12.1. The summed E-state index contributed by atoms with van der Waals surface area (Å²) in [5, 5.41) is 0. The van der Waals surface area contributed by atoms with Gasteiger partial charge in [0.2, 0.25) is 10.0 Å². The van der Waals surface area contributed by atoms with Gasteiger partial charge in [0.15, 0.2) is 0 Å². The second kappa shape index (κ2) is 6.36. The Morgan fingerprint density at radius 2 is 2.16 bits per heavy atom. The van der Waals surface area contributed by atoms with E-state index in [0.717, 1.165) is 37.0 Å². The molecule has 0 bridgehead atoms. The smallest absolute Gasteiger partial charge is 0.240 e. The van der Waals surface area contributed by atoms with Crippen molar-refractivity contribution in [2.75, 3.05) is 19.7 Å². The first-order valence-corrected chi connectivity index (χ1v) is 8.07. The van der Waals surface area contributed by atoms with Crippen LogP contribution in [-0.4, -0.2) is 28.1 Å². The van der Waals surface area contributed by atoms with E-state index < -0.39 is 10.0 Å². The summed E-state index contributed by atoms with van der Waals surface area (Å²) < 4.78 is 32.3. The van der Waals surface area contributed by atoms with Crippen LogP contribution in [0.3, 0.4) is 0 Å². The fourth-order valence-electron chi connectivity index (χ4n) is 2.06. The van der Waals surface area contributed by atoms with Crippen molar-refractivity contribution in [3.05, 3.63) is 23.8 Å². The predicted molar refractivity (Wildman–Crippen MR) is 73.7 cm³/mol. The molecule has 0 amide bonds. The SMILES string of the molecule is NCCCCNS(=O)(=O)c1ccc2c(c1)CCCO2. The number of hydrogen-bond acceptors (Lipinski definition) is 4. The number of ether oxygens (including phenoxy) is 1. The third-order valence-corrected chi connectivity index (χ3v) is 4.57. The summed E-state index contributed by atoms with van der Waals surface area (Å²) in [4.78, 5) is 0.310. The Kier molecular flexibility index (Phi) is 4.79. The predicted octanol–water partition coefficient (Wildman–Crippen LogP) is 1.03. The molecule has 0 radical (unpaired) electrons. The van der Waals surface area contributed by atoms with Crippen LogP contribution >= 0.6 is 0 Å². The molecule has 0 atom stereocenters. The van der Waals surface area contributed by atoms with Crippen LogP contribution in [0.1, 0.15) is 24.8 Å². The molecule has 19 heavy (non-hydrogen) atoms. The van der Waals surface area contributed by atoms with E-state index in [1.165, 1.54) is 0 Å². The molecule has 3 N–H and O–H groups in total. The average Bonchev–Trinajstić information content (AvgIpc) is 2.43. The minimum absolute atomic E-state index is 0.310. The normalized spacial score (nSPS) is 14.8. The van der Waals surface area contributed by atoms with Gasteiger partial charge in [0.1, 0.15) is 5.75 Å². The van der Waals surface area contributed by atoms with Crippen molar-refractivity contribution in [3.8, 4) is 5.75 Å². The Morgan fingerprint density at radius 1 is 1.32 bits per heavy atom. The van der Waals surface area contributed by atoms with Gasteiger partial charge in [-0.15, -0.1) is 0 Å². The molecular weight excluding hydrogens is 264 g/mol. The number of sulfonamides is 1.